The largest absolute Gasteiger partial charge is 0.392 e. The van der Waals surface area contributed by atoms with Crippen LogP contribution in [0.1, 0.15) is 19.4 Å². The number of benzene rings is 1. The predicted octanol–water partition coefficient (Wildman–Crippen LogP) is 2.79. The van der Waals surface area contributed by atoms with Crippen LogP contribution in [0.15, 0.2) is 30.5 Å². The zero-order valence-electron chi connectivity index (χ0n) is 9.27. The molecule has 2 heteroatoms. The molecule has 1 heterocycles. The second kappa shape index (κ2) is 4.07. The smallest absolute Gasteiger partial charge is 0.0682 e. The van der Waals surface area contributed by atoms with Gasteiger partial charge in [-0.1, -0.05) is 26.0 Å². The molecule has 0 fully saturated rings. The summed E-state index contributed by atoms with van der Waals surface area (Å²) in [5.74, 6) is 0.637. The lowest BCUT2D eigenvalue weighted by Gasteiger charge is -2.08. The number of aliphatic hydroxyl groups excluding tert-OH is 1. The molecular weight excluding hydrogens is 186 g/mol. The van der Waals surface area contributed by atoms with Gasteiger partial charge < -0.3 is 9.67 Å². The Bertz CT molecular complexity index is 457. The topological polar surface area (TPSA) is 25.2 Å². The van der Waals surface area contributed by atoms with Gasteiger partial charge in [-0.3, -0.25) is 0 Å². The van der Waals surface area contributed by atoms with Gasteiger partial charge in [0.2, 0.25) is 0 Å². The first-order valence-electron chi connectivity index (χ1n) is 5.39. The Labute approximate surface area is 90.2 Å². The van der Waals surface area contributed by atoms with Crippen molar-refractivity contribution in [2.45, 2.75) is 27.0 Å². The third kappa shape index (κ3) is 2.05. The molecule has 80 valence electrons. The molecule has 15 heavy (non-hydrogen) atoms. The molecule has 2 aromatic rings. The van der Waals surface area contributed by atoms with Crippen molar-refractivity contribution >= 4 is 10.9 Å². The molecule has 0 spiro atoms. The van der Waals surface area contributed by atoms with Crippen molar-refractivity contribution in [3.05, 3.63) is 36.0 Å². The standard InChI is InChI=1S/C13H17NO/c1-10(2)8-14-6-5-12-4-3-11(9-15)7-13(12)14/h3-7,10,15H,8-9H2,1-2H3. The lowest BCUT2D eigenvalue weighted by Crippen LogP contribution is -2.02. The van der Waals surface area contributed by atoms with Crippen LogP contribution in [-0.2, 0) is 13.2 Å². The fourth-order valence-electron chi connectivity index (χ4n) is 1.88. The fraction of sp³-hybridized carbons (Fsp3) is 0.385. The Morgan fingerprint density at radius 3 is 2.73 bits per heavy atom. The van der Waals surface area contributed by atoms with Crippen molar-refractivity contribution in [2.75, 3.05) is 0 Å². The average Bonchev–Trinajstić information content (AvgIpc) is 2.60. The number of rotatable bonds is 3. The molecule has 0 saturated carbocycles. The fourth-order valence-corrected chi connectivity index (χ4v) is 1.88. The second-order valence-electron chi connectivity index (χ2n) is 4.41. The predicted molar refractivity (Wildman–Crippen MR) is 62.7 cm³/mol. The number of nitrogens with zero attached hydrogens (tertiary/aromatic N) is 1. The average molecular weight is 203 g/mol. The van der Waals surface area contributed by atoms with E-state index in [0.29, 0.717) is 5.92 Å². The molecule has 0 amide bonds. The van der Waals surface area contributed by atoms with Gasteiger partial charge in [0.15, 0.2) is 0 Å². The Morgan fingerprint density at radius 2 is 2.07 bits per heavy atom. The monoisotopic (exact) mass is 203 g/mol. The van der Waals surface area contributed by atoms with E-state index in [-0.39, 0.29) is 6.61 Å². The van der Waals surface area contributed by atoms with E-state index in [1.54, 1.807) is 0 Å². The van der Waals surface area contributed by atoms with E-state index in [1.807, 2.05) is 6.07 Å². The molecule has 0 saturated heterocycles. The van der Waals surface area contributed by atoms with E-state index in [1.165, 1.54) is 10.9 Å². The van der Waals surface area contributed by atoms with Gasteiger partial charge in [0.05, 0.1) is 6.61 Å². The van der Waals surface area contributed by atoms with Crippen molar-refractivity contribution in [2.24, 2.45) is 5.92 Å². The summed E-state index contributed by atoms with van der Waals surface area (Å²) in [5, 5.41) is 10.3. The van der Waals surface area contributed by atoms with Gasteiger partial charge in [0, 0.05) is 18.3 Å². The van der Waals surface area contributed by atoms with Crippen molar-refractivity contribution in [3.8, 4) is 0 Å². The molecule has 1 aromatic heterocycles. The molecule has 0 aliphatic rings. The number of fused-ring (bicyclic) bond motifs is 1. The van der Waals surface area contributed by atoms with E-state index in [0.717, 1.165) is 12.1 Å². The maximum atomic E-state index is 9.10. The van der Waals surface area contributed by atoms with Gasteiger partial charge in [-0.25, -0.2) is 0 Å². The third-order valence-electron chi connectivity index (χ3n) is 2.58. The van der Waals surface area contributed by atoms with Crippen LogP contribution in [0.25, 0.3) is 10.9 Å². The number of hydrogen-bond acceptors (Lipinski definition) is 1. The van der Waals surface area contributed by atoms with Gasteiger partial charge in [-0.15, -0.1) is 0 Å². The van der Waals surface area contributed by atoms with Crippen molar-refractivity contribution in [3.63, 3.8) is 0 Å². The second-order valence-corrected chi connectivity index (χ2v) is 4.41. The lowest BCUT2D eigenvalue weighted by atomic mass is 10.1. The molecule has 0 bridgehead atoms. The lowest BCUT2D eigenvalue weighted by molar-refractivity contribution is 0.282. The first-order valence-corrected chi connectivity index (χ1v) is 5.39. The van der Waals surface area contributed by atoms with Gasteiger partial charge in [-0.2, -0.15) is 0 Å². The minimum absolute atomic E-state index is 0.114. The molecule has 0 unspecified atom stereocenters. The zero-order valence-corrected chi connectivity index (χ0v) is 9.27. The maximum Gasteiger partial charge on any atom is 0.0682 e. The third-order valence-corrected chi connectivity index (χ3v) is 2.58. The highest BCUT2D eigenvalue weighted by Gasteiger charge is 2.03. The minimum atomic E-state index is 0.114. The van der Waals surface area contributed by atoms with E-state index in [2.05, 4.69) is 42.8 Å². The number of aromatic nitrogens is 1. The molecule has 1 aromatic carbocycles. The summed E-state index contributed by atoms with van der Waals surface area (Å²) < 4.78 is 2.25. The van der Waals surface area contributed by atoms with Crippen molar-refractivity contribution < 1.29 is 5.11 Å². The van der Waals surface area contributed by atoms with Crippen LogP contribution in [0.5, 0.6) is 0 Å². The summed E-state index contributed by atoms with van der Waals surface area (Å²) in [7, 11) is 0. The normalized spacial score (nSPS) is 11.5. The van der Waals surface area contributed by atoms with Crippen LogP contribution in [0.3, 0.4) is 0 Å². The molecule has 0 aliphatic carbocycles. The van der Waals surface area contributed by atoms with Crippen LogP contribution >= 0.6 is 0 Å². The van der Waals surface area contributed by atoms with Crippen LogP contribution in [0, 0.1) is 5.92 Å². The van der Waals surface area contributed by atoms with E-state index in [4.69, 9.17) is 5.11 Å². The van der Waals surface area contributed by atoms with Crippen molar-refractivity contribution in [1.29, 1.82) is 0 Å². The molecule has 1 N–H and O–H groups in total. The van der Waals surface area contributed by atoms with Gasteiger partial charge in [0.25, 0.3) is 0 Å². The van der Waals surface area contributed by atoms with Crippen LogP contribution < -0.4 is 0 Å². The van der Waals surface area contributed by atoms with Crippen LogP contribution in [0.2, 0.25) is 0 Å². The summed E-state index contributed by atoms with van der Waals surface area (Å²) in [6.45, 7) is 5.56. The van der Waals surface area contributed by atoms with Gasteiger partial charge in [0.1, 0.15) is 0 Å². The van der Waals surface area contributed by atoms with Crippen LogP contribution in [-0.4, -0.2) is 9.67 Å². The molecule has 0 radical (unpaired) electrons. The highest BCUT2D eigenvalue weighted by atomic mass is 16.3. The highest BCUT2D eigenvalue weighted by Crippen LogP contribution is 2.18. The summed E-state index contributed by atoms with van der Waals surface area (Å²) in [6.07, 6.45) is 2.12. The summed E-state index contributed by atoms with van der Waals surface area (Å²) in [5.41, 5.74) is 2.20. The Balaban J connectivity index is 2.46. The zero-order chi connectivity index (χ0) is 10.8. The summed E-state index contributed by atoms with van der Waals surface area (Å²) >= 11 is 0. The van der Waals surface area contributed by atoms with Crippen LogP contribution in [0.4, 0.5) is 0 Å². The Hall–Kier alpha value is -1.28. The molecule has 2 nitrogen and oxygen atoms in total. The molecule has 0 atom stereocenters. The maximum absolute atomic E-state index is 9.10. The first kappa shape index (κ1) is 10.2. The van der Waals surface area contributed by atoms with E-state index < -0.39 is 0 Å². The molecule has 2 rings (SSSR count). The SMILES string of the molecule is CC(C)Cn1ccc2ccc(CO)cc21. The number of hydrogen-bond donors (Lipinski definition) is 1. The molecule has 0 aliphatic heterocycles. The highest BCUT2D eigenvalue weighted by molar-refractivity contribution is 5.80. The Kier molecular flexibility index (Phi) is 2.78. The first-order chi connectivity index (χ1) is 7.20. The van der Waals surface area contributed by atoms with Gasteiger partial charge >= 0.3 is 0 Å². The minimum Gasteiger partial charge on any atom is -0.392 e. The summed E-state index contributed by atoms with van der Waals surface area (Å²) in [6, 6.07) is 8.23. The quantitative estimate of drug-likeness (QED) is 0.815. The van der Waals surface area contributed by atoms with Gasteiger partial charge in [-0.05, 0) is 29.0 Å². The van der Waals surface area contributed by atoms with Crippen molar-refractivity contribution in [1.82, 2.24) is 4.57 Å². The number of aliphatic hydroxyl groups is 1. The molecular formula is C13H17NO. The van der Waals surface area contributed by atoms with E-state index in [9.17, 15) is 0 Å². The van der Waals surface area contributed by atoms with E-state index >= 15 is 0 Å². The summed E-state index contributed by atoms with van der Waals surface area (Å²) in [4.78, 5) is 0. The Morgan fingerprint density at radius 1 is 1.27 bits per heavy atom.